The number of aromatic nitrogens is 3. The van der Waals surface area contributed by atoms with Crippen LogP contribution in [0.2, 0.25) is 0 Å². The molecule has 0 spiro atoms. The minimum absolute atomic E-state index is 0.0510. The zero-order valence-electron chi connectivity index (χ0n) is 16.7. The van der Waals surface area contributed by atoms with Gasteiger partial charge in [-0.3, -0.25) is 0 Å². The standard InChI is InChI=1S/C19H13F6N3O2S3/c1-3-33(29,30)15-11-5-4-10(32-19(23,24)25)7-13(11)31-14(15)17-27-12-6-9(18(20,21)22)8-26-16(12)28(17)2/h4-8H,3H2,1-2H3. The Balaban J connectivity index is 1.99. The van der Waals surface area contributed by atoms with Crippen molar-refractivity contribution in [2.45, 2.75) is 28.4 Å². The van der Waals surface area contributed by atoms with E-state index in [4.69, 9.17) is 0 Å². The molecule has 0 aliphatic carbocycles. The fourth-order valence-electron chi connectivity index (χ4n) is 3.28. The lowest BCUT2D eigenvalue weighted by atomic mass is 10.2. The van der Waals surface area contributed by atoms with Crippen molar-refractivity contribution in [2.24, 2.45) is 7.05 Å². The van der Waals surface area contributed by atoms with Crippen molar-refractivity contribution in [3.8, 4) is 10.7 Å². The molecule has 0 aliphatic heterocycles. The van der Waals surface area contributed by atoms with E-state index in [9.17, 15) is 34.8 Å². The van der Waals surface area contributed by atoms with Crippen molar-refractivity contribution in [1.29, 1.82) is 0 Å². The molecule has 4 rings (SSSR count). The smallest absolute Gasteiger partial charge is 0.311 e. The normalized spacial score (nSPS) is 13.3. The number of alkyl halides is 6. The van der Waals surface area contributed by atoms with Gasteiger partial charge in [0.1, 0.15) is 5.52 Å². The second-order valence-electron chi connectivity index (χ2n) is 6.93. The van der Waals surface area contributed by atoms with Crippen molar-refractivity contribution >= 4 is 54.2 Å². The number of nitrogens with zero attached hydrogens (tertiary/aromatic N) is 3. The summed E-state index contributed by atoms with van der Waals surface area (Å²) in [7, 11) is -2.39. The van der Waals surface area contributed by atoms with Crippen LogP contribution in [0.4, 0.5) is 26.3 Å². The zero-order chi connectivity index (χ0) is 24.3. The first kappa shape index (κ1) is 23.8. The van der Waals surface area contributed by atoms with E-state index in [1.807, 2.05) is 0 Å². The number of imidazole rings is 1. The number of thiophene rings is 1. The number of sulfone groups is 1. The van der Waals surface area contributed by atoms with E-state index in [-0.39, 0.29) is 59.3 Å². The molecule has 0 saturated carbocycles. The highest BCUT2D eigenvalue weighted by atomic mass is 32.2. The summed E-state index contributed by atoms with van der Waals surface area (Å²) in [5.41, 5.74) is -5.52. The summed E-state index contributed by atoms with van der Waals surface area (Å²) >= 11 is 0.576. The van der Waals surface area contributed by atoms with E-state index in [0.29, 0.717) is 6.20 Å². The number of halogens is 6. The summed E-state index contributed by atoms with van der Waals surface area (Å²) in [5, 5.41) is 0.222. The highest BCUT2D eigenvalue weighted by molar-refractivity contribution is 8.00. The van der Waals surface area contributed by atoms with Gasteiger partial charge in [0.25, 0.3) is 0 Å². The van der Waals surface area contributed by atoms with Gasteiger partial charge in [0.15, 0.2) is 21.3 Å². The molecule has 33 heavy (non-hydrogen) atoms. The number of benzene rings is 1. The largest absolute Gasteiger partial charge is 0.446 e. The first-order valence-corrected chi connectivity index (χ1v) is 12.4. The lowest BCUT2D eigenvalue weighted by molar-refractivity contribution is -0.137. The van der Waals surface area contributed by atoms with Crippen LogP contribution < -0.4 is 0 Å². The second-order valence-corrected chi connectivity index (χ2v) is 11.3. The van der Waals surface area contributed by atoms with Crippen LogP contribution in [0.25, 0.3) is 32.0 Å². The van der Waals surface area contributed by atoms with Crippen LogP contribution in [0.5, 0.6) is 0 Å². The molecule has 0 N–H and O–H groups in total. The lowest BCUT2D eigenvalue weighted by Crippen LogP contribution is -2.06. The van der Waals surface area contributed by atoms with Gasteiger partial charge in [0.2, 0.25) is 0 Å². The Bertz CT molecular complexity index is 1490. The summed E-state index contributed by atoms with van der Waals surface area (Å²) < 4.78 is 105. The average Bonchev–Trinajstić information content (AvgIpc) is 3.23. The molecule has 5 nitrogen and oxygen atoms in total. The van der Waals surface area contributed by atoms with Crippen molar-refractivity contribution in [1.82, 2.24) is 14.5 Å². The van der Waals surface area contributed by atoms with Crippen LogP contribution in [0, 0.1) is 0 Å². The molecule has 14 heteroatoms. The average molecular weight is 526 g/mol. The molecule has 4 aromatic rings. The molecule has 0 atom stereocenters. The highest BCUT2D eigenvalue weighted by Gasteiger charge is 2.33. The van der Waals surface area contributed by atoms with E-state index < -0.39 is 27.1 Å². The molecular formula is C19H13F6N3O2S3. The number of hydrogen-bond donors (Lipinski definition) is 0. The van der Waals surface area contributed by atoms with Gasteiger partial charge in [0, 0.05) is 28.2 Å². The maximum atomic E-state index is 13.1. The Kier molecular flexibility index (Phi) is 5.69. The molecule has 0 bridgehead atoms. The molecule has 176 valence electrons. The van der Waals surface area contributed by atoms with Gasteiger partial charge in [-0.15, -0.1) is 11.3 Å². The first-order chi connectivity index (χ1) is 15.2. The van der Waals surface area contributed by atoms with E-state index in [0.717, 1.165) is 17.4 Å². The minimum atomic E-state index is -4.64. The van der Waals surface area contributed by atoms with Crippen LogP contribution in [0.3, 0.4) is 0 Å². The van der Waals surface area contributed by atoms with Crippen LogP contribution >= 0.6 is 23.1 Å². The van der Waals surface area contributed by atoms with E-state index in [1.54, 1.807) is 0 Å². The van der Waals surface area contributed by atoms with Crippen molar-refractivity contribution in [2.75, 3.05) is 5.75 Å². The van der Waals surface area contributed by atoms with Gasteiger partial charge in [-0.25, -0.2) is 18.4 Å². The quantitative estimate of drug-likeness (QED) is 0.232. The fourth-order valence-corrected chi connectivity index (χ4v) is 6.85. The predicted octanol–water partition coefficient (Wildman–Crippen LogP) is 6.27. The number of aryl methyl sites for hydroxylation is 1. The first-order valence-electron chi connectivity index (χ1n) is 9.16. The molecule has 0 fully saturated rings. The van der Waals surface area contributed by atoms with Crippen molar-refractivity contribution < 1.29 is 34.8 Å². The van der Waals surface area contributed by atoms with Crippen LogP contribution in [0.1, 0.15) is 12.5 Å². The molecule has 0 amide bonds. The highest BCUT2D eigenvalue weighted by Crippen LogP contribution is 2.45. The number of fused-ring (bicyclic) bond motifs is 2. The summed E-state index contributed by atoms with van der Waals surface area (Å²) in [6, 6.07) is 4.52. The molecule has 3 aromatic heterocycles. The Hall–Kier alpha value is -2.32. The third-order valence-electron chi connectivity index (χ3n) is 4.78. The third kappa shape index (κ3) is 4.43. The monoisotopic (exact) mass is 525 g/mol. The van der Waals surface area contributed by atoms with Gasteiger partial charge >= 0.3 is 11.7 Å². The third-order valence-corrected chi connectivity index (χ3v) is 8.58. The van der Waals surface area contributed by atoms with Crippen molar-refractivity contribution in [3.63, 3.8) is 0 Å². The van der Waals surface area contributed by atoms with E-state index in [2.05, 4.69) is 9.97 Å². The molecule has 3 heterocycles. The Labute approximate surface area is 191 Å². The van der Waals surface area contributed by atoms with Crippen LogP contribution in [0.15, 0.2) is 40.3 Å². The fraction of sp³-hybridized carbons (Fsp3) is 0.263. The van der Waals surface area contributed by atoms with Gasteiger partial charge < -0.3 is 4.57 Å². The number of hydrogen-bond acceptors (Lipinski definition) is 6. The summed E-state index contributed by atoms with van der Waals surface area (Å²) in [4.78, 5) is 7.90. The maximum Gasteiger partial charge on any atom is 0.446 e. The molecule has 0 radical (unpaired) electrons. The Morgan fingerprint density at radius 2 is 1.82 bits per heavy atom. The van der Waals surface area contributed by atoms with Crippen LogP contribution in [-0.2, 0) is 23.1 Å². The van der Waals surface area contributed by atoms with E-state index in [1.165, 1.54) is 36.7 Å². The Morgan fingerprint density at radius 1 is 1.12 bits per heavy atom. The second kappa shape index (κ2) is 7.87. The van der Waals surface area contributed by atoms with Crippen molar-refractivity contribution in [3.05, 3.63) is 36.0 Å². The Morgan fingerprint density at radius 3 is 2.42 bits per heavy atom. The predicted molar refractivity (Wildman–Crippen MR) is 114 cm³/mol. The number of thioether (sulfide) groups is 1. The molecular weight excluding hydrogens is 512 g/mol. The van der Waals surface area contributed by atoms with Crippen LogP contribution in [-0.4, -0.2) is 34.2 Å². The topological polar surface area (TPSA) is 64.8 Å². The lowest BCUT2D eigenvalue weighted by Gasteiger charge is -2.06. The van der Waals surface area contributed by atoms with Gasteiger partial charge in [-0.2, -0.15) is 26.3 Å². The van der Waals surface area contributed by atoms with Gasteiger partial charge in [0.05, 0.1) is 21.1 Å². The van der Waals surface area contributed by atoms with Gasteiger partial charge in [-0.05, 0) is 30.0 Å². The summed E-state index contributed by atoms with van der Waals surface area (Å²) in [6.07, 6.45) is -3.98. The van der Waals surface area contributed by atoms with E-state index >= 15 is 0 Å². The van der Waals surface area contributed by atoms with Gasteiger partial charge in [-0.1, -0.05) is 13.0 Å². The summed E-state index contributed by atoms with van der Waals surface area (Å²) in [5.74, 6) is -0.235. The molecule has 1 aromatic carbocycles. The molecule has 0 unspecified atom stereocenters. The molecule has 0 saturated heterocycles. The maximum absolute atomic E-state index is 13.1. The minimum Gasteiger partial charge on any atom is -0.311 e. The summed E-state index contributed by atoms with van der Waals surface area (Å²) in [6.45, 7) is 1.42. The zero-order valence-corrected chi connectivity index (χ0v) is 19.2. The number of rotatable bonds is 4. The number of pyridine rings is 1. The SMILES string of the molecule is CCS(=O)(=O)c1c(-c2nc3cc(C(F)(F)F)cnc3n2C)sc2cc(SC(F)(F)F)ccc12. The molecule has 0 aliphatic rings.